The number of fused-ring (bicyclic) bond motifs is 2. The molecule has 5 rings (SSSR count). The number of rotatable bonds is 5. The SMILES string of the molecule is CCOc1nc(N2CC3CN(C(=O)OC(C)(C)C)CC3C2)ncc1C(=O)Nc1cn2cc(C)nc2c(C)n1. The van der Waals surface area contributed by atoms with Crippen molar-refractivity contribution in [1.82, 2.24) is 29.2 Å². The van der Waals surface area contributed by atoms with E-state index in [-0.39, 0.29) is 17.5 Å². The van der Waals surface area contributed by atoms with Gasteiger partial charge in [-0.2, -0.15) is 4.98 Å². The fraction of sp³-hybridized carbons (Fsp3) is 0.538. The quantitative estimate of drug-likeness (QED) is 0.538. The van der Waals surface area contributed by atoms with E-state index >= 15 is 0 Å². The third-order valence-electron chi connectivity index (χ3n) is 6.66. The van der Waals surface area contributed by atoms with Crippen molar-refractivity contribution in [1.29, 1.82) is 0 Å². The molecule has 0 aliphatic carbocycles. The molecule has 3 aromatic heterocycles. The number of imidazole rings is 1. The lowest BCUT2D eigenvalue weighted by molar-refractivity contribution is 0.0282. The lowest BCUT2D eigenvalue weighted by atomic mass is 10.0. The van der Waals surface area contributed by atoms with Crippen LogP contribution in [-0.2, 0) is 4.74 Å². The summed E-state index contributed by atoms with van der Waals surface area (Å²) in [6.45, 7) is 14.3. The van der Waals surface area contributed by atoms with Gasteiger partial charge in [-0.3, -0.25) is 4.79 Å². The maximum atomic E-state index is 13.2. The number of carbonyl (C=O) groups excluding carboxylic acids is 2. The Balaban J connectivity index is 1.28. The average molecular weight is 523 g/mol. The molecule has 2 atom stereocenters. The van der Waals surface area contributed by atoms with Crippen molar-refractivity contribution >= 4 is 29.4 Å². The molecule has 0 bridgehead atoms. The van der Waals surface area contributed by atoms with Gasteiger partial charge in [0.15, 0.2) is 5.65 Å². The minimum atomic E-state index is -0.515. The van der Waals surface area contributed by atoms with E-state index in [1.165, 1.54) is 6.20 Å². The molecule has 12 nitrogen and oxygen atoms in total. The molecule has 2 aliphatic rings. The minimum Gasteiger partial charge on any atom is -0.477 e. The Kier molecular flexibility index (Phi) is 6.58. The molecule has 202 valence electrons. The van der Waals surface area contributed by atoms with E-state index in [1.54, 1.807) is 11.1 Å². The zero-order valence-corrected chi connectivity index (χ0v) is 22.7. The van der Waals surface area contributed by atoms with Gasteiger partial charge in [-0.15, -0.1) is 0 Å². The Bertz CT molecular complexity index is 1370. The second-order valence-electron chi connectivity index (χ2n) is 10.9. The predicted molar refractivity (Wildman–Crippen MR) is 141 cm³/mol. The fourth-order valence-corrected chi connectivity index (χ4v) is 5.06. The summed E-state index contributed by atoms with van der Waals surface area (Å²) >= 11 is 0. The fourth-order valence-electron chi connectivity index (χ4n) is 5.06. The number of aryl methyl sites for hydroxylation is 2. The Labute approximate surface area is 221 Å². The number of hydrogen-bond donors (Lipinski definition) is 1. The van der Waals surface area contributed by atoms with Crippen LogP contribution in [0.15, 0.2) is 18.6 Å². The number of hydrogen-bond acceptors (Lipinski definition) is 9. The van der Waals surface area contributed by atoms with Gasteiger partial charge >= 0.3 is 6.09 Å². The van der Waals surface area contributed by atoms with E-state index in [1.807, 2.05) is 52.1 Å². The third kappa shape index (κ3) is 5.20. The van der Waals surface area contributed by atoms with Crippen LogP contribution >= 0.6 is 0 Å². The molecule has 0 radical (unpaired) electrons. The van der Waals surface area contributed by atoms with Crippen LogP contribution in [0.4, 0.5) is 16.6 Å². The molecular formula is C26H34N8O4. The van der Waals surface area contributed by atoms with Crippen molar-refractivity contribution in [2.75, 3.05) is 43.0 Å². The molecule has 3 aromatic rings. The summed E-state index contributed by atoms with van der Waals surface area (Å²) < 4.78 is 13.1. The number of nitrogens with one attached hydrogen (secondary N) is 1. The molecule has 2 unspecified atom stereocenters. The Morgan fingerprint density at radius 3 is 2.42 bits per heavy atom. The van der Waals surface area contributed by atoms with Crippen molar-refractivity contribution in [3.8, 4) is 5.88 Å². The largest absolute Gasteiger partial charge is 0.477 e. The smallest absolute Gasteiger partial charge is 0.410 e. The predicted octanol–water partition coefficient (Wildman–Crippen LogP) is 3.09. The normalized spacial score (nSPS) is 19.1. The van der Waals surface area contributed by atoms with Gasteiger partial charge < -0.3 is 29.0 Å². The molecule has 2 fully saturated rings. The minimum absolute atomic E-state index is 0.221. The van der Waals surface area contributed by atoms with E-state index in [9.17, 15) is 9.59 Å². The first-order valence-corrected chi connectivity index (χ1v) is 12.9. The van der Waals surface area contributed by atoms with Crippen molar-refractivity contribution in [2.45, 2.75) is 47.1 Å². The maximum absolute atomic E-state index is 13.2. The van der Waals surface area contributed by atoms with Gasteiger partial charge in [0.05, 0.1) is 24.2 Å². The van der Waals surface area contributed by atoms with Gasteiger partial charge in [0.25, 0.3) is 5.91 Å². The monoisotopic (exact) mass is 522 g/mol. The molecular weight excluding hydrogens is 488 g/mol. The summed E-state index contributed by atoms with van der Waals surface area (Å²) in [6.07, 6.45) is 4.83. The van der Waals surface area contributed by atoms with Crippen molar-refractivity contribution in [3.63, 3.8) is 0 Å². The molecule has 0 aromatic carbocycles. The topological polar surface area (TPSA) is 127 Å². The van der Waals surface area contributed by atoms with Gasteiger partial charge in [-0.05, 0) is 41.5 Å². The highest BCUT2D eigenvalue weighted by Gasteiger charge is 2.43. The second-order valence-corrected chi connectivity index (χ2v) is 10.9. The van der Waals surface area contributed by atoms with Gasteiger partial charge in [-0.25, -0.2) is 19.7 Å². The number of amides is 2. The molecule has 2 amide bonds. The highest BCUT2D eigenvalue weighted by Crippen LogP contribution is 2.34. The van der Waals surface area contributed by atoms with Crippen molar-refractivity contribution in [2.24, 2.45) is 11.8 Å². The molecule has 2 saturated heterocycles. The Morgan fingerprint density at radius 1 is 1.05 bits per heavy atom. The van der Waals surface area contributed by atoms with E-state index in [4.69, 9.17) is 9.47 Å². The van der Waals surface area contributed by atoms with Gasteiger partial charge in [-0.1, -0.05) is 0 Å². The zero-order chi connectivity index (χ0) is 27.2. The highest BCUT2D eigenvalue weighted by molar-refractivity contribution is 6.05. The number of carbonyl (C=O) groups is 2. The average Bonchev–Trinajstić information content (AvgIpc) is 3.51. The van der Waals surface area contributed by atoms with E-state index in [0.717, 1.165) is 11.3 Å². The molecule has 1 N–H and O–H groups in total. The molecule has 5 heterocycles. The summed E-state index contributed by atoms with van der Waals surface area (Å²) in [5, 5.41) is 2.83. The summed E-state index contributed by atoms with van der Waals surface area (Å²) in [6, 6.07) is 0. The number of ether oxygens (including phenoxy) is 2. The maximum Gasteiger partial charge on any atom is 0.410 e. The van der Waals surface area contributed by atoms with Crippen LogP contribution in [-0.4, -0.2) is 79.6 Å². The van der Waals surface area contributed by atoms with Crippen LogP contribution in [0, 0.1) is 25.7 Å². The first-order chi connectivity index (χ1) is 18.0. The standard InChI is InChI=1S/C26H34N8O4/c1-7-37-23-19(22(35)30-20-14-32-9-15(2)28-21(32)16(3)29-20)8-27-24(31-23)33-10-17-12-34(13-18(17)11-33)25(36)38-26(4,5)6/h8-9,14,17-18H,7,10-13H2,1-6H3,(H,30,35). The van der Waals surface area contributed by atoms with Crippen LogP contribution in [0.2, 0.25) is 0 Å². The molecule has 2 aliphatic heterocycles. The van der Waals surface area contributed by atoms with Crippen molar-refractivity contribution < 1.29 is 19.1 Å². The number of nitrogens with zero attached hydrogens (tertiary/aromatic N) is 7. The molecule has 0 spiro atoms. The van der Waals surface area contributed by atoms with Crippen LogP contribution in [0.1, 0.15) is 49.4 Å². The summed E-state index contributed by atoms with van der Waals surface area (Å²) in [5.74, 6) is 1.33. The zero-order valence-electron chi connectivity index (χ0n) is 22.7. The number of anilines is 2. The molecule has 0 saturated carbocycles. The highest BCUT2D eigenvalue weighted by atomic mass is 16.6. The van der Waals surface area contributed by atoms with Crippen molar-refractivity contribution in [3.05, 3.63) is 35.5 Å². The summed E-state index contributed by atoms with van der Waals surface area (Å²) in [5.41, 5.74) is 2.03. The lowest BCUT2D eigenvalue weighted by Crippen LogP contribution is -2.37. The summed E-state index contributed by atoms with van der Waals surface area (Å²) in [4.78, 5) is 47.5. The molecule has 12 heteroatoms. The van der Waals surface area contributed by atoms with E-state index in [2.05, 4.69) is 30.2 Å². The lowest BCUT2D eigenvalue weighted by Gasteiger charge is -2.26. The Hall–Kier alpha value is -3.96. The first kappa shape index (κ1) is 25.7. The van der Waals surface area contributed by atoms with E-state index < -0.39 is 11.5 Å². The first-order valence-electron chi connectivity index (χ1n) is 12.9. The number of aromatic nitrogens is 5. The Morgan fingerprint density at radius 2 is 1.76 bits per heavy atom. The second kappa shape index (κ2) is 9.73. The van der Waals surface area contributed by atoms with Crippen LogP contribution < -0.4 is 15.0 Å². The van der Waals surface area contributed by atoms with Crippen LogP contribution in [0.5, 0.6) is 5.88 Å². The van der Waals surface area contributed by atoms with Crippen LogP contribution in [0.25, 0.3) is 5.65 Å². The van der Waals surface area contributed by atoms with Gasteiger partial charge in [0.1, 0.15) is 17.0 Å². The summed E-state index contributed by atoms with van der Waals surface area (Å²) in [7, 11) is 0. The van der Waals surface area contributed by atoms with Gasteiger partial charge in [0, 0.05) is 50.4 Å². The third-order valence-corrected chi connectivity index (χ3v) is 6.66. The van der Waals surface area contributed by atoms with E-state index in [0.29, 0.717) is 62.1 Å². The van der Waals surface area contributed by atoms with Crippen LogP contribution in [0.3, 0.4) is 0 Å². The number of likely N-dealkylation sites (tertiary alicyclic amines) is 1. The molecule has 38 heavy (non-hydrogen) atoms. The van der Waals surface area contributed by atoms with Gasteiger partial charge in [0.2, 0.25) is 11.8 Å².